The van der Waals surface area contributed by atoms with Crippen molar-refractivity contribution in [3.8, 4) is 5.75 Å². The standard InChI is InChI=1S/C28H38N2O3/c1-20-11-10-12-22(17-20)18-30(21(2)27(32)29-23-13-6-7-14-23)26(31)19-33-25-16-9-8-15-24(25)28(3,4)5/h8-12,15-17,21,23H,6-7,13-14,18-19H2,1-5H3,(H,29,32)/t21-/m0/s1. The summed E-state index contributed by atoms with van der Waals surface area (Å²) in [6.07, 6.45) is 4.31. The fraction of sp³-hybridized carbons (Fsp3) is 0.500. The van der Waals surface area contributed by atoms with Crippen LogP contribution in [0.4, 0.5) is 0 Å². The largest absolute Gasteiger partial charge is 0.483 e. The monoisotopic (exact) mass is 450 g/mol. The number of carbonyl (C=O) groups excluding carboxylic acids is 2. The van der Waals surface area contributed by atoms with Crippen LogP contribution in [0.2, 0.25) is 0 Å². The van der Waals surface area contributed by atoms with E-state index in [0.29, 0.717) is 12.3 Å². The Morgan fingerprint density at radius 3 is 2.45 bits per heavy atom. The molecule has 0 unspecified atom stereocenters. The molecular formula is C28H38N2O3. The quantitative estimate of drug-likeness (QED) is 0.605. The summed E-state index contributed by atoms with van der Waals surface area (Å²) in [6.45, 7) is 10.5. The zero-order valence-electron chi connectivity index (χ0n) is 20.7. The van der Waals surface area contributed by atoms with E-state index >= 15 is 0 Å². The molecule has 2 aromatic rings. The lowest BCUT2D eigenvalue weighted by molar-refractivity contribution is -0.142. The van der Waals surface area contributed by atoms with Crippen LogP contribution in [0, 0.1) is 6.92 Å². The summed E-state index contributed by atoms with van der Waals surface area (Å²) in [5.74, 6) is 0.407. The summed E-state index contributed by atoms with van der Waals surface area (Å²) >= 11 is 0. The number of amides is 2. The molecule has 0 spiro atoms. The molecule has 0 heterocycles. The van der Waals surface area contributed by atoms with Crippen molar-refractivity contribution in [1.82, 2.24) is 10.2 Å². The Hall–Kier alpha value is -2.82. The minimum Gasteiger partial charge on any atom is -0.483 e. The number of carbonyl (C=O) groups is 2. The van der Waals surface area contributed by atoms with Gasteiger partial charge in [-0.15, -0.1) is 0 Å². The Balaban J connectivity index is 1.76. The smallest absolute Gasteiger partial charge is 0.261 e. The van der Waals surface area contributed by atoms with Gasteiger partial charge in [0.05, 0.1) is 0 Å². The van der Waals surface area contributed by atoms with E-state index < -0.39 is 6.04 Å². The molecule has 5 heteroatoms. The molecular weight excluding hydrogens is 412 g/mol. The summed E-state index contributed by atoms with van der Waals surface area (Å²) in [4.78, 5) is 28.0. The first-order valence-electron chi connectivity index (χ1n) is 12.0. The average Bonchev–Trinajstić information content (AvgIpc) is 3.28. The minimum absolute atomic E-state index is 0.0991. The van der Waals surface area contributed by atoms with Crippen LogP contribution in [0.1, 0.15) is 70.1 Å². The summed E-state index contributed by atoms with van der Waals surface area (Å²) in [5, 5.41) is 3.14. The number of aryl methyl sites for hydroxylation is 1. The van der Waals surface area contributed by atoms with Crippen LogP contribution in [-0.2, 0) is 21.5 Å². The van der Waals surface area contributed by atoms with Crippen molar-refractivity contribution < 1.29 is 14.3 Å². The first-order chi connectivity index (χ1) is 15.6. The lowest BCUT2D eigenvalue weighted by Gasteiger charge is -2.30. The fourth-order valence-electron chi connectivity index (χ4n) is 4.42. The SMILES string of the molecule is Cc1cccc(CN(C(=O)COc2ccccc2C(C)(C)C)[C@@H](C)C(=O)NC2CCCC2)c1. The summed E-state index contributed by atoms with van der Waals surface area (Å²) < 4.78 is 6.01. The number of hydrogen-bond donors (Lipinski definition) is 1. The van der Waals surface area contributed by atoms with Gasteiger partial charge in [-0.3, -0.25) is 9.59 Å². The number of nitrogens with zero attached hydrogens (tertiary/aromatic N) is 1. The van der Waals surface area contributed by atoms with Crippen LogP contribution in [0.25, 0.3) is 0 Å². The van der Waals surface area contributed by atoms with E-state index in [1.165, 1.54) is 0 Å². The maximum absolute atomic E-state index is 13.4. The van der Waals surface area contributed by atoms with Gasteiger partial charge in [0.25, 0.3) is 5.91 Å². The van der Waals surface area contributed by atoms with Gasteiger partial charge in [0.15, 0.2) is 6.61 Å². The molecule has 1 atom stereocenters. The van der Waals surface area contributed by atoms with E-state index in [1.807, 2.05) is 49.4 Å². The second kappa shape index (κ2) is 10.9. The maximum Gasteiger partial charge on any atom is 0.261 e. The van der Waals surface area contributed by atoms with Crippen molar-refractivity contribution >= 4 is 11.8 Å². The van der Waals surface area contributed by atoms with Crippen molar-refractivity contribution in [2.45, 2.75) is 84.3 Å². The van der Waals surface area contributed by atoms with Crippen molar-refractivity contribution in [3.63, 3.8) is 0 Å². The lowest BCUT2D eigenvalue weighted by Crippen LogP contribution is -2.50. The van der Waals surface area contributed by atoms with Crippen LogP contribution in [0.15, 0.2) is 48.5 Å². The Morgan fingerprint density at radius 2 is 1.79 bits per heavy atom. The molecule has 1 saturated carbocycles. The van der Waals surface area contributed by atoms with Crippen LogP contribution in [-0.4, -0.2) is 35.4 Å². The van der Waals surface area contributed by atoms with Crippen molar-refractivity contribution in [2.75, 3.05) is 6.61 Å². The van der Waals surface area contributed by atoms with Crippen molar-refractivity contribution in [2.24, 2.45) is 0 Å². The molecule has 2 aromatic carbocycles. The van der Waals surface area contributed by atoms with Crippen LogP contribution < -0.4 is 10.1 Å². The van der Waals surface area contributed by atoms with E-state index in [4.69, 9.17) is 4.74 Å². The number of rotatable bonds is 8. The van der Waals surface area contributed by atoms with Gasteiger partial charge < -0.3 is 15.0 Å². The predicted octanol–water partition coefficient (Wildman–Crippen LogP) is 5.15. The summed E-state index contributed by atoms with van der Waals surface area (Å²) in [6, 6.07) is 15.5. The van der Waals surface area contributed by atoms with Crippen LogP contribution in [0.3, 0.4) is 0 Å². The van der Waals surface area contributed by atoms with Gasteiger partial charge in [-0.2, -0.15) is 0 Å². The fourth-order valence-corrected chi connectivity index (χ4v) is 4.42. The van der Waals surface area contributed by atoms with E-state index in [9.17, 15) is 9.59 Å². The second-order valence-electron chi connectivity index (χ2n) is 10.2. The third-order valence-electron chi connectivity index (χ3n) is 6.35. The molecule has 0 aliphatic heterocycles. The maximum atomic E-state index is 13.4. The molecule has 0 aromatic heterocycles. The van der Waals surface area contributed by atoms with Gasteiger partial charge in [-0.1, -0.05) is 81.6 Å². The second-order valence-corrected chi connectivity index (χ2v) is 10.2. The van der Waals surface area contributed by atoms with E-state index in [0.717, 1.165) is 42.4 Å². The van der Waals surface area contributed by atoms with Crippen molar-refractivity contribution in [1.29, 1.82) is 0 Å². The number of nitrogens with one attached hydrogen (secondary N) is 1. The number of hydrogen-bond acceptors (Lipinski definition) is 3. The molecule has 1 aliphatic carbocycles. The topological polar surface area (TPSA) is 58.6 Å². The lowest BCUT2D eigenvalue weighted by atomic mass is 9.86. The van der Waals surface area contributed by atoms with Gasteiger partial charge in [-0.25, -0.2) is 0 Å². The van der Waals surface area contributed by atoms with Gasteiger partial charge >= 0.3 is 0 Å². The molecule has 0 saturated heterocycles. The molecule has 3 rings (SSSR count). The highest BCUT2D eigenvalue weighted by atomic mass is 16.5. The molecule has 33 heavy (non-hydrogen) atoms. The molecule has 5 nitrogen and oxygen atoms in total. The number of benzene rings is 2. The average molecular weight is 451 g/mol. The first-order valence-corrected chi connectivity index (χ1v) is 12.0. The Kier molecular flexibility index (Phi) is 8.17. The molecule has 1 fully saturated rings. The van der Waals surface area contributed by atoms with Gasteiger partial charge in [0, 0.05) is 12.6 Å². The Labute approximate surface area is 198 Å². The molecule has 178 valence electrons. The van der Waals surface area contributed by atoms with Crippen LogP contribution in [0.5, 0.6) is 5.75 Å². The summed E-state index contributed by atoms with van der Waals surface area (Å²) in [5.41, 5.74) is 3.07. The van der Waals surface area contributed by atoms with Crippen molar-refractivity contribution in [3.05, 3.63) is 65.2 Å². The highest BCUT2D eigenvalue weighted by Crippen LogP contribution is 2.31. The molecule has 1 N–H and O–H groups in total. The Morgan fingerprint density at radius 1 is 1.09 bits per heavy atom. The zero-order chi connectivity index (χ0) is 24.0. The van der Waals surface area contributed by atoms with Gasteiger partial charge in [0.1, 0.15) is 11.8 Å². The summed E-state index contributed by atoms with van der Waals surface area (Å²) in [7, 11) is 0. The molecule has 2 amide bonds. The van der Waals surface area contributed by atoms with E-state index in [2.05, 4.69) is 32.2 Å². The van der Waals surface area contributed by atoms with Crippen LogP contribution >= 0.6 is 0 Å². The molecule has 1 aliphatic rings. The minimum atomic E-state index is -0.583. The van der Waals surface area contributed by atoms with E-state index in [-0.39, 0.29) is 29.9 Å². The number of ether oxygens (including phenoxy) is 1. The highest BCUT2D eigenvalue weighted by Gasteiger charge is 2.29. The third-order valence-corrected chi connectivity index (χ3v) is 6.35. The van der Waals surface area contributed by atoms with Gasteiger partial charge in [-0.05, 0) is 49.3 Å². The molecule has 0 bridgehead atoms. The zero-order valence-corrected chi connectivity index (χ0v) is 20.7. The van der Waals surface area contributed by atoms with Gasteiger partial charge in [0.2, 0.25) is 5.91 Å². The first kappa shape index (κ1) is 24.8. The molecule has 0 radical (unpaired) electrons. The normalized spacial score (nSPS) is 15.2. The highest BCUT2D eigenvalue weighted by molar-refractivity contribution is 5.88. The Bertz CT molecular complexity index is 958. The number of para-hydroxylation sites is 1. The predicted molar refractivity (Wildman–Crippen MR) is 132 cm³/mol. The third kappa shape index (κ3) is 6.83. The van der Waals surface area contributed by atoms with E-state index in [1.54, 1.807) is 11.8 Å².